The van der Waals surface area contributed by atoms with Gasteiger partial charge < -0.3 is 64.2 Å². The van der Waals surface area contributed by atoms with E-state index in [-0.39, 0.29) is 41.7 Å². The van der Waals surface area contributed by atoms with Crippen molar-refractivity contribution >= 4 is 11.0 Å². The summed E-state index contributed by atoms with van der Waals surface area (Å²) < 4.78 is 28.4. The molecule has 8 N–H and O–H groups in total. The Labute approximate surface area is 231 Å². The highest BCUT2D eigenvalue weighted by Crippen LogP contribution is 2.39. The Balaban J connectivity index is 1.47. The zero-order valence-electron chi connectivity index (χ0n) is 21.7. The standard InChI is InChI=1S/C27H30O14/c1-10-4-17(32)21(34)26(38-10)37-9-13-8-18(33)22(35)27(39-13)41-25-23(36)20-16(31)6-12(28)7-19(20)40-24(25)11-2-3-14(29)15(30)5-11/h2-3,5-7,10,13,17-18,21-22,26-35H,4,8-9H2,1H3/t10-,13-,17+,18-,21+,22+,26+,27-/m0/s1. The van der Waals surface area contributed by atoms with Crippen LogP contribution in [0.15, 0.2) is 39.5 Å². The number of phenolic OH excluding ortho intramolecular Hbond substituents is 4. The van der Waals surface area contributed by atoms with E-state index < -0.39 is 83.4 Å². The summed E-state index contributed by atoms with van der Waals surface area (Å²) in [6.45, 7) is 1.45. The molecule has 14 heteroatoms. The topological polar surface area (TPSA) is 229 Å². The highest BCUT2D eigenvalue weighted by Gasteiger charge is 2.41. The van der Waals surface area contributed by atoms with Crippen molar-refractivity contribution < 1.29 is 64.2 Å². The number of aliphatic hydroxyl groups excluding tert-OH is 4. The summed E-state index contributed by atoms with van der Waals surface area (Å²) in [5, 5.41) is 81.0. The van der Waals surface area contributed by atoms with Crippen LogP contribution in [0.25, 0.3) is 22.3 Å². The van der Waals surface area contributed by atoms with Crippen LogP contribution >= 0.6 is 0 Å². The minimum atomic E-state index is -1.67. The lowest BCUT2D eigenvalue weighted by molar-refractivity contribution is -0.288. The van der Waals surface area contributed by atoms with E-state index in [1.54, 1.807) is 6.92 Å². The van der Waals surface area contributed by atoms with Gasteiger partial charge in [0.2, 0.25) is 17.5 Å². The molecule has 41 heavy (non-hydrogen) atoms. The number of rotatable bonds is 6. The maximum Gasteiger partial charge on any atom is 0.239 e. The van der Waals surface area contributed by atoms with Gasteiger partial charge in [0.05, 0.1) is 31.0 Å². The first kappa shape index (κ1) is 28.9. The molecule has 2 fully saturated rings. The van der Waals surface area contributed by atoms with Crippen molar-refractivity contribution in [3.63, 3.8) is 0 Å². The van der Waals surface area contributed by atoms with E-state index in [1.807, 2.05) is 0 Å². The molecule has 2 aliphatic rings. The molecule has 222 valence electrons. The predicted octanol–water partition coefficient (Wildman–Crippen LogP) is 0.371. The molecule has 0 radical (unpaired) electrons. The van der Waals surface area contributed by atoms with Crippen LogP contribution in [0.1, 0.15) is 19.8 Å². The Morgan fingerprint density at radius 1 is 0.854 bits per heavy atom. The Kier molecular flexibility index (Phi) is 7.98. The number of benzene rings is 2. The number of aliphatic hydroxyl groups is 4. The normalized spacial score (nSPS) is 30.4. The van der Waals surface area contributed by atoms with Gasteiger partial charge in [-0.1, -0.05) is 0 Å². The zero-order valence-corrected chi connectivity index (χ0v) is 21.7. The van der Waals surface area contributed by atoms with Gasteiger partial charge in [-0.25, -0.2) is 0 Å². The van der Waals surface area contributed by atoms with Gasteiger partial charge in [0, 0.05) is 30.5 Å². The highest BCUT2D eigenvalue weighted by molar-refractivity contribution is 5.88. The fourth-order valence-corrected chi connectivity index (χ4v) is 4.83. The van der Waals surface area contributed by atoms with E-state index in [0.29, 0.717) is 0 Å². The first-order valence-corrected chi connectivity index (χ1v) is 12.8. The van der Waals surface area contributed by atoms with E-state index >= 15 is 0 Å². The molecule has 3 aromatic rings. The summed E-state index contributed by atoms with van der Waals surface area (Å²) in [5.74, 6) is -2.93. The van der Waals surface area contributed by atoms with Crippen molar-refractivity contribution in [1.82, 2.24) is 0 Å². The number of fused-ring (bicyclic) bond motifs is 1. The summed E-state index contributed by atoms with van der Waals surface area (Å²) in [4.78, 5) is 13.5. The van der Waals surface area contributed by atoms with Crippen LogP contribution in [0.4, 0.5) is 0 Å². The number of hydrogen-bond donors (Lipinski definition) is 8. The van der Waals surface area contributed by atoms with Crippen molar-refractivity contribution in [3.05, 3.63) is 40.6 Å². The Bertz CT molecular complexity index is 1470. The lowest BCUT2D eigenvalue weighted by Crippen LogP contribution is -2.53. The maximum atomic E-state index is 13.5. The molecule has 0 unspecified atom stereocenters. The van der Waals surface area contributed by atoms with Crippen LogP contribution in [-0.2, 0) is 14.2 Å². The molecule has 0 saturated carbocycles. The molecule has 0 amide bonds. The second-order valence-electron chi connectivity index (χ2n) is 10.1. The van der Waals surface area contributed by atoms with Gasteiger partial charge >= 0.3 is 0 Å². The minimum absolute atomic E-state index is 0.0407. The van der Waals surface area contributed by atoms with Gasteiger partial charge in [-0.3, -0.25) is 4.79 Å². The van der Waals surface area contributed by atoms with Crippen LogP contribution in [0.3, 0.4) is 0 Å². The summed E-state index contributed by atoms with van der Waals surface area (Å²) >= 11 is 0. The second kappa shape index (κ2) is 11.3. The summed E-state index contributed by atoms with van der Waals surface area (Å²) in [7, 11) is 0. The molecular weight excluding hydrogens is 548 g/mol. The van der Waals surface area contributed by atoms with Gasteiger partial charge in [-0.2, -0.15) is 0 Å². The third-order valence-corrected chi connectivity index (χ3v) is 6.95. The van der Waals surface area contributed by atoms with E-state index in [9.17, 15) is 45.6 Å². The lowest BCUT2D eigenvalue weighted by atomic mass is 10.0. The molecule has 0 bridgehead atoms. The van der Waals surface area contributed by atoms with Gasteiger partial charge in [-0.15, -0.1) is 0 Å². The molecular formula is C27H30O14. The smallest absolute Gasteiger partial charge is 0.239 e. The monoisotopic (exact) mass is 578 g/mol. The fourth-order valence-electron chi connectivity index (χ4n) is 4.83. The zero-order chi connectivity index (χ0) is 29.6. The fraction of sp³-hybridized carbons (Fsp3) is 0.444. The predicted molar refractivity (Wildman–Crippen MR) is 137 cm³/mol. The summed E-state index contributed by atoms with van der Waals surface area (Å²) in [5.41, 5.74) is -1.13. The molecule has 8 atom stereocenters. The van der Waals surface area contributed by atoms with Gasteiger partial charge in [0.15, 0.2) is 23.5 Å². The minimum Gasteiger partial charge on any atom is -0.508 e. The first-order valence-electron chi connectivity index (χ1n) is 12.8. The molecule has 0 spiro atoms. The molecule has 3 heterocycles. The van der Waals surface area contributed by atoms with Gasteiger partial charge in [-0.05, 0) is 25.1 Å². The quantitative estimate of drug-likeness (QED) is 0.185. The largest absolute Gasteiger partial charge is 0.508 e. The van der Waals surface area contributed by atoms with Crippen molar-refractivity contribution in [3.8, 4) is 40.1 Å². The van der Waals surface area contributed by atoms with Crippen molar-refractivity contribution in [2.24, 2.45) is 0 Å². The van der Waals surface area contributed by atoms with Gasteiger partial charge in [0.25, 0.3) is 0 Å². The molecule has 5 rings (SSSR count). The summed E-state index contributed by atoms with van der Waals surface area (Å²) in [6.07, 6.45) is -9.52. The van der Waals surface area contributed by atoms with Crippen LogP contribution in [-0.4, -0.2) is 96.7 Å². The average Bonchev–Trinajstić information content (AvgIpc) is 2.90. The highest BCUT2D eigenvalue weighted by atomic mass is 16.7. The lowest BCUT2D eigenvalue weighted by Gasteiger charge is -2.39. The third kappa shape index (κ3) is 5.76. The molecule has 2 aromatic carbocycles. The number of phenols is 4. The Morgan fingerprint density at radius 3 is 2.29 bits per heavy atom. The Hall–Kier alpha value is -3.63. The first-order chi connectivity index (χ1) is 19.4. The van der Waals surface area contributed by atoms with Crippen molar-refractivity contribution in [2.75, 3.05) is 6.61 Å². The average molecular weight is 579 g/mol. The van der Waals surface area contributed by atoms with Crippen LogP contribution in [0.2, 0.25) is 0 Å². The molecule has 2 saturated heterocycles. The molecule has 14 nitrogen and oxygen atoms in total. The van der Waals surface area contributed by atoms with Crippen LogP contribution in [0.5, 0.6) is 28.7 Å². The molecule has 2 aliphatic heterocycles. The van der Waals surface area contributed by atoms with Crippen molar-refractivity contribution in [2.45, 2.75) is 69.0 Å². The number of aromatic hydroxyl groups is 4. The van der Waals surface area contributed by atoms with E-state index in [0.717, 1.165) is 24.3 Å². The second-order valence-corrected chi connectivity index (χ2v) is 10.1. The van der Waals surface area contributed by atoms with E-state index in [2.05, 4.69) is 0 Å². The van der Waals surface area contributed by atoms with Crippen molar-refractivity contribution in [1.29, 1.82) is 0 Å². The maximum absolute atomic E-state index is 13.5. The van der Waals surface area contributed by atoms with E-state index in [1.165, 1.54) is 6.07 Å². The van der Waals surface area contributed by atoms with Crippen LogP contribution in [0, 0.1) is 0 Å². The van der Waals surface area contributed by atoms with Crippen LogP contribution < -0.4 is 10.2 Å². The SMILES string of the molecule is C[C@H]1C[C@@H](O)[C@@H](O)[C@H](OC[C@@H]2C[C@H](O)[C@@H](O)[C@H](Oc3c(-c4ccc(O)c(O)c4)oc4cc(O)cc(O)c4c3=O)O2)O1. The van der Waals surface area contributed by atoms with E-state index in [4.69, 9.17) is 23.4 Å². The summed E-state index contributed by atoms with van der Waals surface area (Å²) in [6, 6.07) is 5.48. The van der Waals surface area contributed by atoms with Gasteiger partial charge in [0.1, 0.15) is 34.7 Å². The molecule has 0 aliphatic carbocycles. The Morgan fingerprint density at radius 2 is 1.56 bits per heavy atom. The third-order valence-electron chi connectivity index (χ3n) is 6.95. The molecule has 1 aromatic heterocycles. The number of hydrogen-bond acceptors (Lipinski definition) is 14. The number of ether oxygens (including phenoxy) is 4.